The molecule has 0 amide bonds. The summed E-state index contributed by atoms with van der Waals surface area (Å²) in [4.78, 5) is 15.8. The van der Waals surface area contributed by atoms with Crippen molar-refractivity contribution in [1.29, 1.82) is 0 Å². The van der Waals surface area contributed by atoms with Crippen molar-refractivity contribution < 1.29 is 35.9 Å². The molecule has 2 aromatic carbocycles. The van der Waals surface area contributed by atoms with Crippen LogP contribution in [0.4, 0.5) is 29.1 Å². The smallest absolute Gasteiger partial charge is 0.475 e. The van der Waals surface area contributed by atoms with Gasteiger partial charge in [0.25, 0.3) is 10.0 Å². The first kappa shape index (κ1) is 29.1. The second kappa shape index (κ2) is 12.2. The van der Waals surface area contributed by atoms with Gasteiger partial charge >= 0.3 is 12.1 Å². The Balaban J connectivity index is 0.000000572. The SMILES string of the molecule is CCC(Nc1cc(F)c(S(=O)(=O)Nc2ccncn2)cc1Cl)c1ccccc1Cl.O=C(O)C(F)(F)F. The highest BCUT2D eigenvalue weighted by Crippen LogP contribution is 2.34. The molecule has 0 aliphatic carbocycles. The van der Waals surface area contributed by atoms with E-state index in [1.807, 2.05) is 25.1 Å². The van der Waals surface area contributed by atoms with Gasteiger partial charge in [0.05, 0.1) is 16.8 Å². The molecule has 3 rings (SSSR count). The molecule has 0 aliphatic heterocycles. The minimum Gasteiger partial charge on any atom is -0.475 e. The van der Waals surface area contributed by atoms with E-state index in [1.165, 1.54) is 18.6 Å². The van der Waals surface area contributed by atoms with Crippen LogP contribution in [0.5, 0.6) is 0 Å². The van der Waals surface area contributed by atoms with Gasteiger partial charge < -0.3 is 10.4 Å². The van der Waals surface area contributed by atoms with E-state index in [4.69, 9.17) is 33.1 Å². The van der Waals surface area contributed by atoms with Gasteiger partial charge in [-0.25, -0.2) is 27.6 Å². The van der Waals surface area contributed by atoms with Crippen molar-refractivity contribution in [2.45, 2.75) is 30.5 Å². The van der Waals surface area contributed by atoms with Gasteiger partial charge in [-0.2, -0.15) is 13.2 Å². The molecule has 0 spiro atoms. The third-order valence-corrected chi connectivity index (χ3v) is 6.42. The Morgan fingerprint density at radius 1 is 1.14 bits per heavy atom. The summed E-state index contributed by atoms with van der Waals surface area (Å²) in [6.45, 7) is 1.94. The number of carboxylic acid groups (broad SMARTS) is 1. The van der Waals surface area contributed by atoms with Gasteiger partial charge in [0.15, 0.2) is 0 Å². The molecule has 194 valence electrons. The average molecular weight is 569 g/mol. The maximum atomic E-state index is 14.7. The van der Waals surface area contributed by atoms with Gasteiger partial charge in [-0.3, -0.25) is 4.72 Å². The lowest BCUT2D eigenvalue weighted by Crippen LogP contribution is -2.21. The number of anilines is 2. The molecule has 0 saturated carbocycles. The molecule has 1 atom stereocenters. The van der Waals surface area contributed by atoms with Gasteiger partial charge in [0.2, 0.25) is 0 Å². The van der Waals surface area contributed by atoms with Gasteiger partial charge in [-0.15, -0.1) is 0 Å². The number of carbonyl (C=O) groups is 1. The fraction of sp³-hybridized carbons (Fsp3) is 0.190. The van der Waals surface area contributed by atoms with E-state index in [-0.39, 0.29) is 22.6 Å². The van der Waals surface area contributed by atoms with Gasteiger partial charge in [-0.1, -0.05) is 48.3 Å². The van der Waals surface area contributed by atoms with E-state index < -0.39 is 32.9 Å². The Bertz CT molecular complexity index is 1310. The van der Waals surface area contributed by atoms with Crippen LogP contribution in [0.3, 0.4) is 0 Å². The highest BCUT2D eigenvalue weighted by Gasteiger charge is 2.38. The maximum Gasteiger partial charge on any atom is 0.490 e. The third kappa shape index (κ3) is 7.93. The lowest BCUT2D eigenvalue weighted by Gasteiger charge is -2.21. The number of halogens is 6. The van der Waals surface area contributed by atoms with Gasteiger partial charge in [0, 0.05) is 11.2 Å². The van der Waals surface area contributed by atoms with Crippen LogP contribution in [0.15, 0.2) is 59.9 Å². The van der Waals surface area contributed by atoms with Crippen LogP contribution in [0.2, 0.25) is 10.0 Å². The molecule has 1 unspecified atom stereocenters. The minimum atomic E-state index is -5.08. The molecule has 15 heteroatoms. The average Bonchev–Trinajstić information content (AvgIpc) is 2.80. The zero-order valence-electron chi connectivity index (χ0n) is 18.2. The number of nitrogens with one attached hydrogen (secondary N) is 2. The standard InChI is InChI=1S/C19H17Cl2FN4O2S.C2HF3O2/c1-2-16(12-5-3-4-6-13(12)20)25-17-10-15(22)18(9-14(17)21)29(27,28)26-19-7-8-23-11-24-19;3-2(4,5)1(6)7/h3-11,16,25H,2H2,1H3,(H,23,24,26);(H,6,7). The topological polar surface area (TPSA) is 121 Å². The summed E-state index contributed by atoms with van der Waals surface area (Å²) in [6, 6.07) is 10.5. The highest BCUT2D eigenvalue weighted by atomic mass is 35.5. The summed E-state index contributed by atoms with van der Waals surface area (Å²) < 4.78 is 73.7. The van der Waals surface area contributed by atoms with Crippen molar-refractivity contribution in [2.24, 2.45) is 0 Å². The lowest BCUT2D eigenvalue weighted by atomic mass is 10.0. The summed E-state index contributed by atoms with van der Waals surface area (Å²) in [5.41, 5.74) is 1.09. The second-order valence-electron chi connectivity index (χ2n) is 6.89. The number of alkyl halides is 3. The molecule has 0 saturated heterocycles. The van der Waals surface area contributed by atoms with Crippen LogP contribution in [-0.4, -0.2) is 35.6 Å². The number of sulfonamides is 1. The number of nitrogens with zero attached hydrogens (tertiary/aromatic N) is 2. The Morgan fingerprint density at radius 3 is 2.31 bits per heavy atom. The number of hydrogen-bond donors (Lipinski definition) is 3. The van der Waals surface area contributed by atoms with E-state index in [1.54, 1.807) is 6.07 Å². The largest absolute Gasteiger partial charge is 0.490 e. The van der Waals surface area contributed by atoms with Crippen molar-refractivity contribution in [3.8, 4) is 0 Å². The Kier molecular flexibility index (Phi) is 9.85. The van der Waals surface area contributed by atoms with E-state index >= 15 is 0 Å². The van der Waals surface area contributed by atoms with Crippen LogP contribution < -0.4 is 10.0 Å². The molecular weight excluding hydrogens is 551 g/mol. The first-order valence-corrected chi connectivity index (χ1v) is 12.1. The minimum absolute atomic E-state index is 0.0162. The second-order valence-corrected chi connectivity index (χ2v) is 9.36. The van der Waals surface area contributed by atoms with E-state index in [2.05, 4.69) is 20.0 Å². The first-order valence-electron chi connectivity index (χ1n) is 9.85. The molecule has 1 aromatic heterocycles. The Morgan fingerprint density at radius 2 is 1.78 bits per heavy atom. The van der Waals surface area contributed by atoms with Crippen molar-refractivity contribution in [3.63, 3.8) is 0 Å². The van der Waals surface area contributed by atoms with Crippen molar-refractivity contribution in [2.75, 3.05) is 10.0 Å². The number of hydrogen-bond acceptors (Lipinski definition) is 6. The Labute approximate surface area is 213 Å². The van der Waals surface area contributed by atoms with Crippen LogP contribution in [0.25, 0.3) is 0 Å². The number of carboxylic acids is 1. The van der Waals surface area contributed by atoms with Crippen LogP contribution in [-0.2, 0) is 14.8 Å². The van der Waals surface area contributed by atoms with Crippen LogP contribution in [0.1, 0.15) is 24.9 Å². The van der Waals surface area contributed by atoms with Crippen LogP contribution >= 0.6 is 23.2 Å². The summed E-state index contributed by atoms with van der Waals surface area (Å²) in [5.74, 6) is -3.69. The predicted molar refractivity (Wildman–Crippen MR) is 126 cm³/mol. The van der Waals surface area contributed by atoms with Crippen molar-refractivity contribution in [3.05, 3.63) is 76.4 Å². The van der Waals surface area contributed by atoms with E-state index in [0.29, 0.717) is 11.4 Å². The summed E-state index contributed by atoms with van der Waals surface area (Å²) in [5, 5.41) is 10.9. The molecule has 0 fully saturated rings. The molecule has 3 aromatic rings. The van der Waals surface area contributed by atoms with Gasteiger partial charge in [-0.05, 0) is 36.2 Å². The summed E-state index contributed by atoms with van der Waals surface area (Å²) >= 11 is 12.5. The molecule has 36 heavy (non-hydrogen) atoms. The highest BCUT2D eigenvalue weighted by molar-refractivity contribution is 7.92. The fourth-order valence-electron chi connectivity index (χ4n) is 2.73. The molecule has 3 N–H and O–H groups in total. The predicted octanol–water partition coefficient (Wildman–Crippen LogP) is 5.92. The third-order valence-electron chi connectivity index (χ3n) is 4.39. The Hall–Kier alpha value is -3.16. The summed E-state index contributed by atoms with van der Waals surface area (Å²) in [7, 11) is -4.22. The first-order chi connectivity index (χ1) is 16.8. The van der Waals surface area contributed by atoms with E-state index in [0.717, 1.165) is 17.7 Å². The number of benzene rings is 2. The zero-order valence-corrected chi connectivity index (χ0v) is 20.6. The summed E-state index contributed by atoms with van der Waals surface area (Å²) in [6.07, 6.45) is -1.90. The van der Waals surface area contributed by atoms with E-state index in [9.17, 15) is 26.0 Å². The zero-order chi connectivity index (χ0) is 27.1. The lowest BCUT2D eigenvalue weighted by molar-refractivity contribution is -0.192. The maximum absolute atomic E-state index is 14.7. The molecule has 8 nitrogen and oxygen atoms in total. The monoisotopic (exact) mass is 568 g/mol. The number of rotatable bonds is 7. The van der Waals surface area contributed by atoms with Crippen molar-refractivity contribution >= 4 is 50.7 Å². The quantitative estimate of drug-likeness (QED) is 0.302. The molecule has 1 heterocycles. The molecule has 0 radical (unpaired) electrons. The number of aromatic nitrogens is 2. The van der Waals surface area contributed by atoms with Crippen molar-refractivity contribution in [1.82, 2.24) is 9.97 Å². The molecule has 0 bridgehead atoms. The number of aliphatic carboxylic acids is 1. The molecular formula is C21H18Cl2F4N4O4S. The van der Waals surface area contributed by atoms with Gasteiger partial charge in [0.1, 0.15) is 22.9 Å². The van der Waals surface area contributed by atoms with Crippen LogP contribution in [0, 0.1) is 5.82 Å². The molecule has 0 aliphatic rings. The fourth-order valence-corrected chi connectivity index (χ4v) is 4.38. The normalized spacial score (nSPS) is 12.2.